The summed E-state index contributed by atoms with van der Waals surface area (Å²) >= 11 is 0. The Bertz CT molecular complexity index is 3610. The maximum atomic E-state index is 2.88. The monoisotopic (exact) mass is 1090 g/mol. The zero-order valence-corrected chi connectivity index (χ0v) is 49.7. The first-order valence-electron chi connectivity index (χ1n) is 31.9. The lowest BCUT2D eigenvalue weighted by Gasteiger charge is -2.57. The summed E-state index contributed by atoms with van der Waals surface area (Å²) in [6.07, 6.45) is 18.0. The number of hydrogen-bond acceptors (Lipinski definition) is 3. The van der Waals surface area contributed by atoms with E-state index in [9.17, 15) is 0 Å². The number of rotatable bonds is 21. The van der Waals surface area contributed by atoms with Gasteiger partial charge in [0.2, 0.25) is 0 Å². The predicted octanol–water partition coefficient (Wildman–Crippen LogP) is 19.0. The summed E-state index contributed by atoms with van der Waals surface area (Å²) in [5, 5.41) is 15.0. The minimum Gasteiger partial charge on any atom is -0.416 e. The SMILES string of the molecule is CCCCCCc1ccc(N2B(c3c4ccccc4cc4ccccc34)N(c3ccc(CCCCCC)cc3)B(c3c4ccccc4cc4ccccc34)N(c3ccc(CCCCCC)cc3)B2c2c3ccccc3cc3ccccc23)cc1. The molecule has 0 saturated carbocycles. The summed E-state index contributed by atoms with van der Waals surface area (Å²) in [6, 6.07) is 92.3. The fourth-order valence-corrected chi connectivity index (χ4v) is 14.2. The molecule has 84 heavy (non-hydrogen) atoms. The molecular formula is C78H78B3N3. The van der Waals surface area contributed by atoms with Crippen LogP contribution in [0.2, 0.25) is 0 Å². The van der Waals surface area contributed by atoms with Crippen LogP contribution >= 0.6 is 0 Å². The van der Waals surface area contributed by atoms with Gasteiger partial charge in [0, 0.05) is 17.1 Å². The number of unbranched alkanes of at least 4 members (excludes halogenated alkanes) is 9. The maximum Gasteiger partial charge on any atom is 0.390 e. The van der Waals surface area contributed by atoms with Gasteiger partial charge in [0.05, 0.1) is 0 Å². The molecule has 0 aromatic heterocycles. The summed E-state index contributed by atoms with van der Waals surface area (Å²) in [6.45, 7) is 5.82. The zero-order valence-electron chi connectivity index (χ0n) is 49.7. The lowest BCUT2D eigenvalue weighted by Crippen LogP contribution is -2.86. The quantitative estimate of drug-likeness (QED) is 0.0403. The molecule has 13 rings (SSSR count). The summed E-state index contributed by atoms with van der Waals surface area (Å²) in [7, 11) is 0. The number of aryl methyl sites for hydroxylation is 3. The molecule has 0 bridgehead atoms. The minimum atomic E-state index is -0.369. The van der Waals surface area contributed by atoms with Crippen LogP contribution in [0.5, 0.6) is 0 Å². The molecular weight excluding hydrogens is 1010 g/mol. The predicted molar refractivity (Wildman–Crippen MR) is 371 cm³/mol. The average Bonchev–Trinajstić information content (AvgIpc) is 1.03. The van der Waals surface area contributed by atoms with E-state index in [0.717, 1.165) is 19.3 Å². The molecule has 1 fully saturated rings. The summed E-state index contributed by atoms with van der Waals surface area (Å²) in [5.41, 5.74) is 11.7. The van der Waals surface area contributed by atoms with Crippen LogP contribution in [0.3, 0.4) is 0 Å². The van der Waals surface area contributed by atoms with E-state index in [1.165, 1.54) is 192 Å². The van der Waals surface area contributed by atoms with Crippen LogP contribution in [0.25, 0.3) is 64.6 Å². The van der Waals surface area contributed by atoms with Gasteiger partial charge in [-0.3, -0.25) is 0 Å². The van der Waals surface area contributed by atoms with Crippen LogP contribution in [0, 0.1) is 0 Å². The Balaban J connectivity index is 1.21. The van der Waals surface area contributed by atoms with Crippen LogP contribution in [-0.4, -0.2) is 20.9 Å². The molecule has 6 heteroatoms. The van der Waals surface area contributed by atoms with E-state index >= 15 is 0 Å². The van der Waals surface area contributed by atoms with Gasteiger partial charge in [-0.2, -0.15) is 0 Å². The van der Waals surface area contributed by atoms with Crippen LogP contribution in [0.1, 0.15) is 115 Å². The molecule has 12 aromatic rings. The van der Waals surface area contributed by atoms with Crippen LogP contribution < -0.4 is 30.6 Å². The Hall–Kier alpha value is -8.21. The number of benzene rings is 12. The van der Waals surface area contributed by atoms with Gasteiger partial charge < -0.3 is 14.2 Å². The molecule has 0 spiro atoms. The summed E-state index contributed by atoms with van der Waals surface area (Å²) in [5.74, 6) is 0. The minimum absolute atomic E-state index is 0.369. The van der Waals surface area contributed by atoms with Crippen molar-refractivity contribution in [1.29, 1.82) is 0 Å². The van der Waals surface area contributed by atoms with E-state index in [-0.39, 0.29) is 20.9 Å². The van der Waals surface area contributed by atoms with Crippen molar-refractivity contribution in [3.63, 3.8) is 0 Å². The first-order valence-corrected chi connectivity index (χ1v) is 31.9. The standard InChI is InChI=1S/C78H78B3N3/c1-4-7-10-13-28-58-43-49-67(50-44-58)82-79(76-70-37-22-16-31-61(70)55-62-32-17-23-38-71(62)76)83(68-51-45-59(46-52-68)29-14-11-8-5-2)81(78-74-41-26-20-35-65(74)57-66-36-21-27-42-75(66)78)84(69-53-47-60(48-54-69)30-15-12-9-6-3)80(82)77-72-39-24-18-33-63(72)56-64-34-19-25-40-73(64)77/h16-27,31-57H,4-15,28-30H2,1-3H3. The van der Waals surface area contributed by atoms with Crippen LogP contribution in [0.4, 0.5) is 17.1 Å². The van der Waals surface area contributed by atoms with E-state index in [0.29, 0.717) is 0 Å². The second-order valence-corrected chi connectivity index (χ2v) is 24.0. The van der Waals surface area contributed by atoms with Crippen molar-refractivity contribution in [2.45, 2.75) is 117 Å². The third kappa shape index (κ3) is 10.9. The van der Waals surface area contributed by atoms with E-state index in [2.05, 4.69) is 272 Å². The molecule has 1 saturated heterocycles. The molecule has 3 nitrogen and oxygen atoms in total. The molecule has 0 atom stereocenters. The van der Waals surface area contributed by atoms with Crippen molar-refractivity contribution in [3.8, 4) is 0 Å². The molecule has 1 heterocycles. The molecule has 1 aliphatic heterocycles. The van der Waals surface area contributed by atoms with E-state index in [4.69, 9.17) is 0 Å². The van der Waals surface area contributed by atoms with Gasteiger partial charge in [-0.15, -0.1) is 0 Å². The van der Waals surface area contributed by atoms with Crippen molar-refractivity contribution < 1.29 is 0 Å². The van der Waals surface area contributed by atoms with Crippen molar-refractivity contribution in [1.82, 2.24) is 0 Å². The lowest BCUT2D eigenvalue weighted by molar-refractivity contribution is 0.667. The Morgan fingerprint density at radius 2 is 0.452 bits per heavy atom. The van der Waals surface area contributed by atoms with Crippen molar-refractivity contribution in [2.24, 2.45) is 0 Å². The van der Waals surface area contributed by atoms with Gasteiger partial charge in [-0.05, 0) is 191 Å². The molecule has 0 amide bonds. The lowest BCUT2D eigenvalue weighted by atomic mass is 9.35. The maximum absolute atomic E-state index is 2.88. The third-order valence-corrected chi connectivity index (χ3v) is 18.5. The molecule has 0 N–H and O–H groups in total. The Kier molecular flexibility index (Phi) is 16.6. The molecule has 1 aliphatic rings. The highest BCUT2D eigenvalue weighted by atomic mass is 15.3. The molecule has 414 valence electrons. The highest BCUT2D eigenvalue weighted by molar-refractivity contribution is 7.17. The third-order valence-electron chi connectivity index (χ3n) is 18.5. The van der Waals surface area contributed by atoms with Gasteiger partial charge in [0.1, 0.15) is 0 Å². The topological polar surface area (TPSA) is 9.72 Å². The van der Waals surface area contributed by atoms with Gasteiger partial charge in [0.25, 0.3) is 0 Å². The smallest absolute Gasteiger partial charge is 0.390 e. The molecule has 12 aromatic carbocycles. The van der Waals surface area contributed by atoms with Gasteiger partial charge >= 0.3 is 20.9 Å². The van der Waals surface area contributed by atoms with Gasteiger partial charge in [-0.25, -0.2) is 0 Å². The highest BCUT2D eigenvalue weighted by Gasteiger charge is 2.58. The zero-order chi connectivity index (χ0) is 56.8. The average molecular weight is 1090 g/mol. The second kappa shape index (κ2) is 25.3. The second-order valence-electron chi connectivity index (χ2n) is 24.0. The first kappa shape index (κ1) is 55.0. The largest absolute Gasteiger partial charge is 0.416 e. The normalized spacial score (nSPS) is 13.0. The van der Waals surface area contributed by atoms with Gasteiger partial charge in [0.15, 0.2) is 0 Å². The van der Waals surface area contributed by atoms with Crippen molar-refractivity contribution >= 4 is 119 Å². The molecule has 0 radical (unpaired) electrons. The molecule has 0 aliphatic carbocycles. The molecule has 0 unspecified atom stereocenters. The fourth-order valence-electron chi connectivity index (χ4n) is 14.2. The Morgan fingerprint density at radius 1 is 0.238 bits per heavy atom. The Labute approximate surface area is 500 Å². The number of fused-ring (bicyclic) bond motifs is 6. The van der Waals surface area contributed by atoms with Crippen LogP contribution in [0.15, 0.2) is 237 Å². The Morgan fingerprint density at radius 3 is 0.667 bits per heavy atom. The highest BCUT2D eigenvalue weighted by Crippen LogP contribution is 2.40. The van der Waals surface area contributed by atoms with E-state index < -0.39 is 0 Å². The van der Waals surface area contributed by atoms with Crippen molar-refractivity contribution in [3.05, 3.63) is 253 Å². The van der Waals surface area contributed by atoms with E-state index in [1.807, 2.05) is 0 Å². The number of hydrogen-bond donors (Lipinski definition) is 0. The number of anilines is 3. The fraction of sp³-hybridized carbons (Fsp3) is 0.231. The summed E-state index contributed by atoms with van der Waals surface area (Å²) in [4.78, 5) is 0. The van der Waals surface area contributed by atoms with Crippen LogP contribution in [-0.2, 0) is 19.3 Å². The first-order chi connectivity index (χ1) is 41.6. The number of nitrogens with zero attached hydrogens (tertiary/aromatic N) is 3. The van der Waals surface area contributed by atoms with Gasteiger partial charge in [-0.1, -0.05) is 261 Å². The van der Waals surface area contributed by atoms with E-state index in [1.54, 1.807) is 0 Å². The summed E-state index contributed by atoms with van der Waals surface area (Å²) < 4.78 is 8.64. The van der Waals surface area contributed by atoms with Crippen molar-refractivity contribution in [2.75, 3.05) is 14.2 Å².